The van der Waals surface area contributed by atoms with E-state index in [-0.39, 0.29) is 0 Å². The van der Waals surface area contributed by atoms with E-state index in [0.29, 0.717) is 11.2 Å². The highest BCUT2D eigenvalue weighted by Gasteiger charge is 2.50. The summed E-state index contributed by atoms with van der Waals surface area (Å²) in [5, 5.41) is 1.03. The topological polar surface area (TPSA) is 71.2 Å². The molecule has 6 nitrogen and oxygen atoms in total. The van der Waals surface area contributed by atoms with Crippen molar-refractivity contribution in [1.29, 1.82) is 0 Å². The molecule has 2 aromatic heterocycles. The SMILES string of the molecule is CN1CC2(C1)CN(c1ccc(-c3ncnc4ccc(-c5ccnc(N)c5)cc34)cc1)C2. The average Bonchev–Trinajstić information content (AvgIpc) is 2.75. The third-order valence-corrected chi connectivity index (χ3v) is 6.52. The quantitative estimate of drug-likeness (QED) is 0.557. The molecule has 2 N–H and O–H groups in total. The molecular weight excluding hydrogens is 384 g/mol. The first-order valence-corrected chi connectivity index (χ1v) is 10.6. The zero-order chi connectivity index (χ0) is 21.0. The molecule has 0 unspecified atom stereocenters. The van der Waals surface area contributed by atoms with E-state index in [2.05, 4.69) is 68.2 Å². The molecule has 2 aromatic carbocycles. The van der Waals surface area contributed by atoms with E-state index in [1.165, 1.54) is 18.8 Å². The molecule has 0 amide bonds. The van der Waals surface area contributed by atoms with Crippen LogP contribution in [0, 0.1) is 5.41 Å². The van der Waals surface area contributed by atoms with E-state index in [1.54, 1.807) is 12.5 Å². The Morgan fingerprint density at radius 3 is 2.29 bits per heavy atom. The van der Waals surface area contributed by atoms with Crippen LogP contribution in [0.15, 0.2) is 67.1 Å². The summed E-state index contributed by atoms with van der Waals surface area (Å²) in [4.78, 5) is 18.1. The molecule has 2 aliphatic rings. The lowest BCUT2D eigenvalue weighted by molar-refractivity contribution is -0.00238. The van der Waals surface area contributed by atoms with Crippen LogP contribution in [0.3, 0.4) is 0 Å². The Balaban J connectivity index is 1.32. The minimum absolute atomic E-state index is 0.513. The Kier molecular flexibility index (Phi) is 3.98. The van der Waals surface area contributed by atoms with Gasteiger partial charge in [0.1, 0.15) is 12.1 Å². The van der Waals surface area contributed by atoms with Crippen molar-refractivity contribution >= 4 is 22.4 Å². The smallest absolute Gasteiger partial charge is 0.123 e. The molecule has 6 heteroatoms. The van der Waals surface area contributed by atoms with Crippen molar-refractivity contribution < 1.29 is 0 Å². The van der Waals surface area contributed by atoms with Gasteiger partial charge in [-0.3, -0.25) is 0 Å². The van der Waals surface area contributed by atoms with Gasteiger partial charge in [-0.15, -0.1) is 0 Å². The number of hydrogen-bond acceptors (Lipinski definition) is 6. The van der Waals surface area contributed by atoms with E-state index < -0.39 is 0 Å². The number of nitrogens with two attached hydrogens (primary N) is 1. The number of aromatic nitrogens is 3. The van der Waals surface area contributed by atoms with Gasteiger partial charge >= 0.3 is 0 Å². The van der Waals surface area contributed by atoms with Gasteiger partial charge in [0.2, 0.25) is 0 Å². The van der Waals surface area contributed by atoms with E-state index in [1.807, 2.05) is 18.2 Å². The molecule has 0 aliphatic carbocycles. The van der Waals surface area contributed by atoms with E-state index in [4.69, 9.17) is 5.73 Å². The summed E-state index contributed by atoms with van der Waals surface area (Å²) in [7, 11) is 2.20. The van der Waals surface area contributed by atoms with Crippen LogP contribution >= 0.6 is 0 Å². The summed E-state index contributed by atoms with van der Waals surface area (Å²) >= 11 is 0. The van der Waals surface area contributed by atoms with Crippen molar-refractivity contribution in [1.82, 2.24) is 19.9 Å². The number of pyridine rings is 1. The number of fused-ring (bicyclic) bond motifs is 1. The number of rotatable bonds is 3. The van der Waals surface area contributed by atoms with Crippen LogP contribution in [0.25, 0.3) is 33.3 Å². The van der Waals surface area contributed by atoms with Crippen molar-refractivity contribution in [3.63, 3.8) is 0 Å². The van der Waals surface area contributed by atoms with Gasteiger partial charge in [-0.2, -0.15) is 0 Å². The molecular formula is C25H24N6. The Morgan fingerprint density at radius 1 is 0.806 bits per heavy atom. The fourth-order valence-corrected chi connectivity index (χ4v) is 5.17. The molecule has 0 bridgehead atoms. The Labute approximate surface area is 181 Å². The highest BCUT2D eigenvalue weighted by molar-refractivity contribution is 5.95. The van der Waals surface area contributed by atoms with Gasteiger partial charge in [-0.25, -0.2) is 15.0 Å². The average molecular weight is 409 g/mol. The van der Waals surface area contributed by atoms with Crippen LogP contribution in [-0.4, -0.2) is 53.1 Å². The van der Waals surface area contributed by atoms with Gasteiger partial charge < -0.3 is 15.5 Å². The molecule has 0 radical (unpaired) electrons. The molecule has 1 spiro atoms. The molecule has 0 saturated carbocycles. The highest BCUT2D eigenvalue weighted by Crippen LogP contribution is 2.41. The Morgan fingerprint density at radius 2 is 1.55 bits per heavy atom. The second-order valence-corrected chi connectivity index (χ2v) is 9.00. The van der Waals surface area contributed by atoms with Crippen molar-refractivity contribution in [2.75, 3.05) is 43.9 Å². The van der Waals surface area contributed by atoms with Crippen molar-refractivity contribution in [3.8, 4) is 22.4 Å². The molecule has 2 saturated heterocycles. The minimum Gasteiger partial charge on any atom is -0.384 e. The second-order valence-electron chi connectivity index (χ2n) is 9.00. The Bertz CT molecular complexity index is 1270. The van der Waals surface area contributed by atoms with Gasteiger partial charge in [0.15, 0.2) is 0 Å². The van der Waals surface area contributed by atoms with Gasteiger partial charge in [0, 0.05) is 54.4 Å². The lowest BCUT2D eigenvalue weighted by Gasteiger charge is -2.60. The maximum absolute atomic E-state index is 5.88. The van der Waals surface area contributed by atoms with Crippen LogP contribution in [0.4, 0.5) is 11.5 Å². The van der Waals surface area contributed by atoms with Gasteiger partial charge in [0.25, 0.3) is 0 Å². The largest absolute Gasteiger partial charge is 0.384 e. The molecule has 2 fully saturated rings. The summed E-state index contributed by atoms with van der Waals surface area (Å²) in [6.07, 6.45) is 3.37. The predicted molar refractivity (Wildman–Crippen MR) is 125 cm³/mol. The molecule has 0 atom stereocenters. The first-order valence-electron chi connectivity index (χ1n) is 10.6. The lowest BCUT2D eigenvalue weighted by Crippen LogP contribution is -2.71. The number of nitrogen functional groups attached to an aromatic ring is 1. The molecule has 154 valence electrons. The number of likely N-dealkylation sites (tertiary alicyclic amines) is 1. The summed E-state index contributed by atoms with van der Waals surface area (Å²) in [5.74, 6) is 0.513. The normalized spacial score (nSPS) is 17.5. The molecule has 31 heavy (non-hydrogen) atoms. The minimum atomic E-state index is 0.513. The summed E-state index contributed by atoms with van der Waals surface area (Å²) < 4.78 is 0. The Hall–Kier alpha value is -3.51. The number of nitrogens with zero attached hydrogens (tertiary/aromatic N) is 5. The molecule has 4 heterocycles. The van der Waals surface area contributed by atoms with Gasteiger partial charge in [-0.1, -0.05) is 18.2 Å². The first kappa shape index (κ1) is 18.3. The van der Waals surface area contributed by atoms with E-state index in [0.717, 1.165) is 46.4 Å². The first-order chi connectivity index (χ1) is 15.1. The number of anilines is 2. The number of benzene rings is 2. The summed E-state index contributed by atoms with van der Waals surface area (Å²) in [6, 6.07) is 18.9. The highest BCUT2D eigenvalue weighted by atomic mass is 15.3. The third kappa shape index (κ3) is 3.11. The summed E-state index contributed by atoms with van der Waals surface area (Å²) in [5.41, 5.74) is 12.8. The fraction of sp³-hybridized carbons (Fsp3) is 0.240. The monoisotopic (exact) mass is 408 g/mol. The fourth-order valence-electron chi connectivity index (χ4n) is 5.17. The molecule has 4 aromatic rings. The van der Waals surface area contributed by atoms with Crippen LogP contribution in [0.2, 0.25) is 0 Å². The van der Waals surface area contributed by atoms with Gasteiger partial charge in [-0.05, 0) is 54.6 Å². The predicted octanol–water partition coefficient (Wildman–Crippen LogP) is 3.69. The maximum atomic E-state index is 5.88. The van der Waals surface area contributed by atoms with Gasteiger partial charge in [0.05, 0.1) is 11.2 Å². The van der Waals surface area contributed by atoms with Crippen molar-refractivity contribution in [2.45, 2.75) is 0 Å². The second kappa shape index (κ2) is 6.75. The van der Waals surface area contributed by atoms with Crippen LogP contribution in [0.5, 0.6) is 0 Å². The molecule has 2 aliphatic heterocycles. The maximum Gasteiger partial charge on any atom is 0.123 e. The summed E-state index contributed by atoms with van der Waals surface area (Å²) in [6.45, 7) is 4.76. The van der Waals surface area contributed by atoms with Crippen LogP contribution < -0.4 is 10.6 Å². The lowest BCUT2D eigenvalue weighted by atomic mass is 9.73. The third-order valence-electron chi connectivity index (χ3n) is 6.52. The van der Waals surface area contributed by atoms with Crippen molar-refractivity contribution in [3.05, 3.63) is 67.1 Å². The number of hydrogen-bond donors (Lipinski definition) is 1. The zero-order valence-corrected chi connectivity index (χ0v) is 17.5. The standard InChI is InChI=1S/C25H24N6/c1-30-12-25(13-30)14-31(15-25)20-5-2-17(3-6-20)24-21-10-18(4-7-22(21)28-16-29-24)19-8-9-27-23(26)11-19/h2-11,16H,12-15H2,1H3,(H2,26,27). The van der Waals surface area contributed by atoms with E-state index in [9.17, 15) is 0 Å². The zero-order valence-electron chi connectivity index (χ0n) is 17.5. The van der Waals surface area contributed by atoms with E-state index >= 15 is 0 Å². The van der Waals surface area contributed by atoms with Crippen LogP contribution in [-0.2, 0) is 0 Å². The molecule has 6 rings (SSSR count). The van der Waals surface area contributed by atoms with Crippen LogP contribution in [0.1, 0.15) is 0 Å². The van der Waals surface area contributed by atoms with Crippen molar-refractivity contribution in [2.24, 2.45) is 5.41 Å².